The number of alkyl halides is 3. The minimum Gasteiger partial charge on any atom is -0.206 e. The molecular formula is C26H18BrClF4. The average molecular weight is 522 g/mol. The van der Waals surface area contributed by atoms with Crippen LogP contribution in [0, 0.1) is 11.6 Å². The van der Waals surface area contributed by atoms with E-state index in [1.54, 1.807) is 12.1 Å². The third kappa shape index (κ3) is 4.41. The van der Waals surface area contributed by atoms with Crippen molar-refractivity contribution in [2.75, 3.05) is 0 Å². The van der Waals surface area contributed by atoms with Crippen LogP contribution in [0.25, 0.3) is 33.0 Å². The van der Waals surface area contributed by atoms with Gasteiger partial charge in [-0.15, -0.1) is 0 Å². The summed E-state index contributed by atoms with van der Waals surface area (Å²) in [7, 11) is 0. The van der Waals surface area contributed by atoms with Crippen molar-refractivity contribution in [3.8, 4) is 22.3 Å². The molecule has 0 saturated carbocycles. The zero-order valence-electron chi connectivity index (χ0n) is 17.0. The number of hydrogen-bond donors (Lipinski definition) is 0. The predicted octanol–water partition coefficient (Wildman–Crippen LogP) is 9.50. The molecule has 164 valence electrons. The van der Waals surface area contributed by atoms with Gasteiger partial charge in [0, 0.05) is 10.9 Å². The number of rotatable bonds is 5. The van der Waals surface area contributed by atoms with Gasteiger partial charge in [-0.25, -0.2) is 8.78 Å². The summed E-state index contributed by atoms with van der Waals surface area (Å²) >= 11 is 8.58. The maximum Gasteiger partial charge on any atom is 0.332 e. The molecule has 0 N–H and O–H groups in total. The highest BCUT2D eigenvalue weighted by atomic mass is 79.9. The third-order valence-corrected chi connectivity index (χ3v) is 6.22. The van der Waals surface area contributed by atoms with Crippen LogP contribution in [-0.4, -0.2) is 0 Å². The van der Waals surface area contributed by atoms with Crippen LogP contribution in [0.15, 0.2) is 66.7 Å². The molecule has 0 fully saturated rings. The first kappa shape index (κ1) is 22.8. The van der Waals surface area contributed by atoms with Gasteiger partial charge >= 0.3 is 4.83 Å². The maximum atomic E-state index is 14.3. The van der Waals surface area contributed by atoms with Crippen molar-refractivity contribution in [1.82, 2.24) is 0 Å². The van der Waals surface area contributed by atoms with E-state index >= 15 is 0 Å². The average Bonchev–Trinajstić information content (AvgIpc) is 2.73. The maximum absolute atomic E-state index is 14.3. The molecular weight excluding hydrogens is 504 g/mol. The van der Waals surface area contributed by atoms with Crippen LogP contribution in [0.2, 0.25) is 5.02 Å². The molecule has 32 heavy (non-hydrogen) atoms. The second-order valence-corrected chi connectivity index (χ2v) is 9.00. The van der Waals surface area contributed by atoms with Crippen molar-refractivity contribution in [3.05, 3.63) is 94.5 Å². The fraction of sp³-hybridized carbons (Fsp3) is 0.154. The van der Waals surface area contributed by atoms with Crippen LogP contribution in [0.5, 0.6) is 0 Å². The largest absolute Gasteiger partial charge is 0.332 e. The molecule has 0 aliphatic heterocycles. The van der Waals surface area contributed by atoms with Crippen molar-refractivity contribution in [2.45, 2.75) is 24.6 Å². The van der Waals surface area contributed by atoms with E-state index in [0.717, 1.165) is 41.5 Å². The Balaban J connectivity index is 1.75. The smallest absolute Gasteiger partial charge is 0.206 e. The summed E-state index contributed by atoms with van der Waals surface area (Å²) in [4.78, 5) is -3.81. The molecule has 6 heteroatoms. The van der Waals surface area contributed by atoms with E-state index in [1.165, 1.54) is 5.56 Å². The Hall–Kier alpha value is -2.37. The van der Waals surface area contributed by atoms with Gasteiger partial charge in [0.2, 0.25) is 0 Å². The molecule has 0 heterocycles. The number of aryl methyl sites for hydroxylation is 1. The van der Waals surface area contributed by atoms with Gasteiger partial charge in [0.1, 0.15) is 17.2 Å². The lowest BCUT2D eigenvalue weighted by Gasteiger charge is -2.14. The molecule has 0 aliphatic rings. The summed E-state index contributed by atoms with van der Waals surface area (Å²) in [6.45, 7) is 2.14. The summed E-state index contributed by atoms with van der Waals surface area (Å²) in [5.74, 6) is -2.69. The third-order valence-electron chi connectivity index (χ3n) is 5.42. The molecule has 0 nitrogen and oxygen atoms in total. The fourth-order valence-electron chi connectivity index (χ4n) is 3.85. The van der Waals surface area contributed by atoms with Gasteiger partial charge in [-0.05, 0) is 68.2 Å². The lowest BCUT2D eigenvalue weighted by atomic mass is 9.96. The fourth-order valence-corrected chi connectivity index (χ4v) is 4.57. The molecule has 0 amide bonds. The molecule has 0 atom stereocenters. The van der Waals surface area contributed by atoms with Crippen LogP contribution in [-0.2, 0) is 11.3 Å². The van der Waals surface area contributed by atoms with Gasteiger partial charge in [-0.1, -0.05) is 73.5 Å². The van der Waals surface area contributed by atoms with E-state index in [9.17, 15) is 17.6 Å². The molecule has 0 aromatic heterocycles. The van der Waals surface area contributed by atoms with Crippen molar-refractivity contribution >= 4 is 38.3 Å². The van der Waals surface area contributed by atoms with Crippen molar-refractivity contribution in [1.29, 1.82) is 0 Å². The van der Waals surface area contributed by atoms with E-state index in [2.05, 4.69) is 31.2 Å². The van der Waals surface area contributed by atoms with Crippen LogP contribution in [0.4, 0.5) is 17.6 Å². The van der Waals surface area contributed by atoms with Crippen LogP contribution < -0.4 is 0 Å². The van der Waals surface area contributed by atoms with Gasteiger partial charge in [0.25, 0.3) is 0 Å². The highest BCUT2D eigenvalue weighted by Crippen LogP contribution is 2.41. The summed E-state index contributed by atoms with van der Waals surface area (Å²) < 4.78 is 55.4. The zero-order chi connectivity index (χ0) is 23.0. The minimum atomic E-state index is -3.81. The number of benzene rings is 4. The molecule has 0 spiro atoms. The van der Waals surface area contributed by atoms with Crippen LogP contribution in [0.1, 0.15) is 24.5 Å². The number of halogens is 6. The van der Waals surface area contributed by atoms with Gasteiger partial charge in [0.05, 0.1) is 5.02 Å². The van der Waals surface area contributed by atoms with Crippen LogP contribution in [0.3, 0.4) is 0 Å². The Bertz CT molecular complexity index is 1270. The first-order valence-electron chi connectivity index (χ1n) is 10.1. The Labute approximate surface area is 197 Å². The Kier molecular flexibility index (Phi) is 6.33. The van der Waals surface area contributed by atoms with E-state index < -0.39 is 22.0 Å². The van der Waals surface area contributed by atoms with Gasteiger partial charge in [0.15, 0.2) is 0 Å². The van der Waals surface area contributed by atoms with E-state index in [0.29, 0.717) is 16.0 Å². The molecule has 0 radical (unpaired) electrons. The standard InChI is InChI=1S/C26H18BrClF4/c1-2-3-15-4-6-16(7-5-15)17-8-10-20-18(12-17)9-11-21(25(20)28)19-13-22(29)24(23(30)14-19)26(27,31)32/h4-14H,2-3H2,1H3. The summed E-state index contributed by atoms with van der Waals surface area (Å²) in [5.41, 5.74) is 2.49. The second-order valence-electron chi connectivity index (χ2n) is 7.62. The molecule has 4 aromatic rings. The minimum absolute atomic E-state index is 0.0861. The molecule has 4 rings (SSSR count). The Morgan fingerprint density at radius 2 is 1.44 bits per heavy atom. The van der Waals surface area contributed by atoms with Gasteiger partial charge < -0.3 is 0 Å². The zero-order valence-corrected chi connectivity index (χ0v) is 19.4. The van der Waals surface area contributed by atoms with E-state index in [1.807, 2.05) is 34.1 Å². The van der Waals surface area contributed by atoms with Crippen molar-refractivity contribution in [2.24, 2.45) is 0 Å². The van der Waals surface area contributed by atoms with E-state index in [4.69, 9.17) is 11.6 Å². The highest BCUT2D eigenvalue weighted by Gasteiger charge is 2.35. The lowest BCUT2D eigenvalue weighted by Crippen LogP contribution is -2.09. The van der Waals surface area contributed by atoms with Gasteiger partial charge in [-0.3, -0.25) is 0 Å². The first-order chi connectivity index (χ1) is 15.2. The number of fused-ring (bicyclic) bond motifs is 1. The normalized spacial score (nSPS) is 11.8. The van der Waals surface area contributed by atoms with Crippen molar-refractivity contribution in [3.63, 3.8) is 0 Å². The second kappa shape index (κ2) is 8.87. The van der Waals surface area contributed by atoms with Gasteiger partial charge in [-0.2, -0.15) is 8.78 Å². The SMILES string of the molecule is CCCc1ccc(-c2ccc3c(Cl)c(-c4cc(F)c(C(F)(F)Br)c(F)c4)ccc3c2)cc1. The molecule has 0 aliphatic carbocycles. The summed E-state index contributed by atoms with van der Waals surface area (Å²) in [5, 5.41) is 1.86. The topological polar surface area (TPSA) is 0 Å². The monoisotopic (exact) mass is 520 g/mol. The lowest BCUT2D eigenvalue weighted by molar-refractivity contribution is 0.105. The van der Waals surface area contributed by atoms with E-state index in [-0.39, 0.29) is 5.56 Å². The Morgan fingerprint density at radius 1 is 0.812 bits per heavy atom. The molecule has 0 saturated heterocycles. The first-order valence-corrected chi connectivity index (χ1v) is 11.2. The number of hydrogen-bond acceptors (Lipinski definition) is 0. The molecule has 0 unspecified atom stereocenters. The molecule has 0 bridgehead atoms. The summed E-state index contributed by atoms with van der Waals surface area (Å²) in [6.07, 6.45) is 2.12. The predicted molar refractivity (Wildman–Crippen MR) is 127 cm³/mol. The highest BCUT2D eigenvalue weighted by molar-refractivity contribution is 9.09. The molecule has 4 aromatic carbocycles. The summed E-state index contributed by atoms with van der Waals surface area (Å²) in [6, 6.07) is 19.3. The Morgan fingerprint density at radius 3 is 2.03 bits per heavy atom. The van der Waals surface area contributed by atoms with Crippen molar-refractivity contribution < 1.29 is 17.6 Å². The van der Waals surface area contributed by atoms with Crippen LogP contribution >= 0.6 is 27.5 Å². The quantitative estimate of drug-likeness (QED) is 0.181.